The van der Waals surface area contributed by atoms with E-state index in [4.69, 9.17) is 0 Å². The van der Waals surface area contributed by atoms with Crippen molar-refractivity contribution < 1.29 is 4.79 Å². The van der Waals surface area contributed by atoms with Crippen LogP contribution in [0, 0.1) is 0 Å². The molecular formula is C20H23N5O. The van der Waals surface area contributed by atoms with E-state index in [2.05, 4.69) is 38.2 Å². The quantitative estimate of drug-likeness (QED) is 0.786. The van der Waals surface area contributed by atoms with E-state index < -0.39 is 0 Å². The number of benzene rings is 1. The van der Waals surface area contributed by atoms with E-state index in [1.54, 1.807) is 12.5 Å². The fraction of sp³-hybridized carbons (Fsp3) is 0.350. The van der Waals surface area contributed by atoms with Gasteiger partial charge < -0.3 is 14.8 Å². The van der Waals surface area contributed by atoms with E-state index in [-0.39, 0.29) is 5.91 Å². The number of rotatable bonds is 4. The Morgan fingerprint density at radius 3 is 2.81 bits per heavy atom. The van der Waals surface area contributed by atoms with Gasteiger partial charge in [-0.3, -0.25) is 4.79 Å². The van der Waals surface area contributed by atoms with Gasteiger partial charge in [-0.15, -0.1) is 0 Å². The predicted molar refractivity (Wildman–Crippen MR) is 102 cm³/mol. The van der Waals surface area contributed by atoms with Crippen molar-refractivity contribution in [2.24, 2.45) is 7.05 Å². The van der Waals surface area contributed by atoms with E-state index in [1.807, 2.05) is 30.1 Å². The molecule has 1 aliphatic rings. The van der Waals surface area contributed by atoms with E-state index in [0.29, 0.717) is 12.5 Å². The van der Waals surface area contributed by atoms with Gasteiger partial charge in [0.2, 0.25) is 5.91 Å². The van der Waals surface area contributed by atoms with Gasteiger partial charge in [-0.25, -0.2) is 9.97 Å². The monoisotopic (exact) mass is 349 g/mol. The Labute approximate surface area is 152 Å². The summed E-state index contributed by atoms with van der Waals surface area (Å²) in [5.74, 6) is 1.06. The molecule has 1 N–H and O–H groups in total. The molecule has 4 rings (SSSR count). The van der Waals surface area contributed by atoms with Gasteiger partial charge in [-0.1, -0.05) is 18.2 Å². The van der Waals surface area contributed by atoms with Gasteiger partial charge in [0.15, 0.2) is 0 Å². The van der Waals surface area contributed by atoms with Crippen molar-refractivity contribution in [2.45, 2.75) is 25.3 Å². The highest BCUT2D eigenvalue weighted by atomic mass is 16.2. The van der Waals surface area contributed by atoms with Crippen LogP contribution in [0.5, 0.6) is 0 Å². The van der Waals surface area contributed by atoms with E-state index >= 15 is 0 Å². The molecule has 6 heteroatoms. The summed E-state index contributed by atoms with van der Waals surface area (Å²) in [6, 6.07) is 10.5. The van der Waals surface area contributed by atoms with Gasteiger partial charge in [0.05, 0.1) is 6.42 Å². The number of piperidine rings is 1. The van der Waals surface area contributed by atoms with Crippen molar-refractivity contribution >= 4 is 22.6 Å². The first-order valence-corrected chi connectivity index (χ1v) is 9.04. The number of hydrogen-bond donors (Lipinski definition) is 1. The van der Waals surface area contributed by atoms with Crippen molar-refractivity contribution in [3.63, 3.8) is 0 Å². The average molecular weight is 349 g/mol. The van der Waals surface area contributed by atoms with Gasteiger partial charge in [-0.2, -0.15) is 0 Å². The SMILES string of the molecule is Cn1cc(CC(=O)N2CCC(Nc3ccncn3)CC2)c2ccccc21. The first kappa shape index (κ1) is 16.6. The molecule has 3 aromatic rings. The number of aryl methyl sites for hydroxylation is 1. The topological polar surface area (TPSA) is 63.1 Å². The number of carbonyl (C=O) groups excluding carboxylic acids is 1. The summed E-state index contributed by atoms with van der Waals surface area (Å²) in [6.07, 6.45) is 7.69. The lowest BCUT2D eigenvalue weighted by atomic mass is 10.0. The van der Waals surface area contributed by atoms with Gasteiger partial charge in [0.1, 0.15) is 12.1 Å². The zero-order chi connectivity index (χ0) is 17.9. The van der Waals surface area contributed by atoms with Crippen LogP contribution in [0.1, 0.15) is 18.4 Å². The summed E-state index contributed by atoms with van der Waals surface area (Å²) in [5, 5.41) is 4.60. The molecule has 6 nitrogen and oxygen atoms in total. The summed E-state index contributed by atoms with van der Waals surface area (Å²) in [7, 11) is 2.03. The summed E-state index contributed by atoms with van der Waals surface area (Å²) < 4.78 is 2.09. The maximum absolute atomic E-state index is 12.8. The highest BCUT2D eigenvalue weighted by Crippen LogP contribution is 2.22. The van der Waals surface area contributed by atoms with Crippen LogP contribution < -0.4 is 5.32 Å². The third-order valence-corrected chi connectivity index (χ3v) is 5.10. The Kier molecular flexibility index (Phi) is 4.56. The number of anilines is 1. The maximum atomic E-state index is 12.8. The van der Waals surface area contributed by atoms with Crippen molar-refractivity contribution in [1.82, 2.24) is 19.4 Å². The molecule has 0 saturated carbocycles. The number of hydrogen-bond acceptors (Lipinski definition) is 4. The van der Waals surface area contributed by atoms with Crippen molar-refractivity contribution in [3.05, 3.63) is 54.6 Å². The lowest BCUT2D eigenvalue weighted by Gasteiger charge is -2.32. The van der Waals surface area contributed by atoms with E-state index in [1.165, 1.54) is 10.9 Å². The number of likely N-dealkylation sites (tertiary alicyclic amines) is 1. The van der Waals surface area contributed by atoms with E-state index in [0.717, 1.165) is 37.3 Å². The second-order valence-electron chi connectivity index (χ2n) is 6.85. The summed E-state index contributed by atoms with van der Waals surface area (Å²) in [4.78, 5) is 22.9. The second-order valence-corrected chi connectivity index (χ2v) is 6.85. The molecule has 26 heavy (non-hydrogen) atoms. The van der Waals surface area contributed by atoms with Crippen LogP contribution in [0.3, 0.4) is 0 Å². The molecule has 0 unspecified atom stereocenters. The van der Waals surface area contributed by atoms with Gasteiger partial charge in [0.25, 0.3) is 0 Å². The second kappa shape index (κ2) is 7.15. The molecule has 3 heterocycles. The largest absolute Gasteiger partial charge is 0.367 e. The molecule has 0 bridgehead atoms. The lowest BCUT2D eigenvalue weighted by molar-refractivity contribution is -0.131. The molecule has 0 spiro atoms. The number of fused-ring (bicyclic) bond motifs is 1. The molecule has 0 radical (unpaired) electrons. The Hall–Kier alpha value is -2.89. The molecule has 0 aliphatic carbocycles. The minimum absolute atomic E-state index is 0.210. The van der Waals surface area contributed by atoms with E-state index in [9.17, 15) is 4.79 Å². The molecule has 0 atom stereocenters. The Morgan fingerprint density at radius 1 is 1.23 bits per heavy atom. The summed E-state index contributed by atoms with van der Waals surface area (Å²) >= 11 is 0. The highest BCUT2D eigenvalue weighted by Gasteiger charge is 2.23. The predicted octanol–water partition coefficient (Wildman–Crippen LogP) is 2.61. The average Bonchev–Trinajstić information content (AvgIpc) is 2.99. The first-order chi connectivity index (χ1) is 12.7. The maximum Gasteiger partial charge on any atom is 0.227 e. The number of carbonyl (C=O) groups is 1. The smallest absolute Gasteiger partial charge is 0.227 e. The molecule has 1 saturated heterocycles. The van der Waals surface area contributed by atoms with Gasteiger partial charge >= 0.3 is 0 Å². The number of nitrogens with one attached hydrogen (secondary N) is 1. The number of para-hydroxylation sites is 1. The molecule has 2 aromatic heterocycles. The molecule has 1 aromatic carbocycles. The Bertz CT molecular complexity index is 897. The standard InChI is InChI=1S/C20H23N5O/c1-24-13-15(17-4-2-3-5-18(17)24)12-20(26)25-10-7-16(8-11-25)23-19-6-9-21-14-22-19/h2-6,9,13-14,16H,7-8,10-12H2,1H3,(H,21,22,23). The zero-order valence-corrected chi connectivity index (χ0v) is 14.9. The number of nitrogens with zero attached hydrogens (tertiary/aromatic N) is 4. The molecule has 1 fully saturated rings. The summed E-state index contributed by atoms with van der Waals surface area (Å²) in [5.41, 5.74) is 2.28. The van der Waals surface area contributed by atoms with Crippen molar-refractivity contribution in [1.29, 1.82) is 0 Å². The Balaban J connectivity index is 1.36. The normalized spacial score (nSPS) is 15.3. The van der Waals surface area contributed by atoms with Crippen LogP contribution in [-0.2, 0) is 18.3 Å². The number of aromatic nitrogens is 3. The molecule has 1 aliphatic heterocycles. The zero-order valence-electron chi connectivity index (χ0n) is 14.9. The molecule has 1 amide bonds. The van der Waals surface area contributed by atoms with Crippen molar-refractivity contribution in [2.75, 3.05) is 18.4 Å². The van der Waals surface area contributed by atoms with Crippen LogP contribution in [0.4, 0.5) is 5.82 Å². The fourth-order valence-corrected chi connectivity index (χ4v) is 3.70. The molecular weight excluding hydrogens is 326 g/mol. The third-order valence-electron chi connectivity index (χ3n) is 5.10. The van der Waals surface area contributed by atoms with Crippen LogP contribution in [0.25, 0.3) is 10.9 Å². The van der Waals surface area contributed by atoms with Crippen LogP contribution in [0.15, 0.2) is 49.1 Å². The van der Waals surface area contributed by atoms with Crippen LogP contribution in [0.2, 0.25) is 0 Å². The fourth-order valence-electron chi connectivity index (χ4n) is 3.70. The number of amides is 1. The van der Waals surface area contributed by atoms with Crippen LogP contribution in [-0.4, -0.2) is 44.5 Å². The first-order valence-electron chi connectivity index (χ1n) is 9.04. The minimum atomic E-state index is 0.210. The van der Waals surface area contributed by atoms with Crippen molar-refractivity contribution in [3.8, 4) is 0 Å². The third kappa shape index (κ3) is 3.40. The van der Waals surface area contributed by atoms with Crippen LogP contribution >= 0.6 is 0 Å². The van der Waals surface area contributed by atoms with Gasteiger partial charge in [0, 0.05) is 49.5 Å². The Morgan fingerprint density at radius 2 is 2.04 bits per heavy atom. The lowest BCUT2D eigenvalue weighted by Crippen LogP contribution is -2.43. The van der Waals surface area contributed by atoms with Gasteiger partial charge in [-0.05, 0) is 30.5 Å². The minimum Gasteiger partial charge on any atom is -0.367 e. The highest BCUT2D eigenvalue weighted by molar-refractivity contribution is 5.89. The summed E-state index contributed by atoms with van der Waals surface area (Å²) in [6.45, 7) is 1.57. The molecule has 134 valence electrons.